The molecular weight excluding hydrogens is 398 g/mol. The van der Waals surface area contributed by atoms with Crippen molar-refractivity contribution in [2.24, 2.45) is 5.92 Å². The minimum absolute atomic E-state index is 0.0501. The SMILES string of the molecule is N#CC(=C=N)C1=C(C#N)[C@H](c2ccc(Cl)cc2)[C@H]([n+]2ccccc2)[C@@](O)(C2CC2)N1. The third-order valence-corrected chi connectivity index (χ3v) is 6.02. The minimum atomic E-state index is -1.41. The molecule has 1 fully saturated rings. The average Bonchev–Trinajstić information content (AvgIpc) is 3.61. The van der Waals surface area contributed by atoms with Gasteiger partial charge < -0.3 is 10.4 Å². The maximum atomic E-state index is 11.9. The molecule has 1 aliphatic carbocycles. The molecule has 2 aliphatic rings. The first-order valence-corrected chi connectivity index (χ1v) is 9.97. The molecule has 4 rings (SSSR count). The maximum absolute atomic E-state index is 11.9. The van der Waals surface area contributed by atoms with Crippen LogP contribution in [0.2, 0.25) is 5.02 Å². The summed E-state index contributed by atoms with van der Waals surface area (Å²) in [7, 11) is 0. The van der Waals surface area contributed by atoms with E-state index in [1.165, 1.54) is 0 Å². The first-order valence-electron chi connectivity index (χ1n) is 9.59. The molecule has 1 aromatic heterocycles. The van der Waals surface area contributed by atoms with Crippen molar-refractivity contribution in [2.75, 3.05) is 0 Å². The Morgan fingerprint density at radius 2 is 1.83 bits per heavy atom. The van der Waals surface area contributed by atoms with Crippen LogP contribution in [0.15, 0.2) is 71.7 Å². The summed E-state index contributed by atoms with van der Waals surface area (Å²) in [6.07, 6.45) is 5.37. The van der Waals surface area contributed by atoms with Crippen LogP contribution in [0.25, 0.3) is 0 Å². The van der Waals surface area contributed by atoms with E-state index in [0.29, 0.717) is 5.02 Å². The molecule has 6 nitrogen and oxygen atoms in total. The zero-order valence-electron chi connectivity index (χ0n) is 16.0. The van der Waals surface area contributed by atoms with Gasteiger partial charge in [0.15, 0.2) is 12.4 Å². The van der Waals surface area contributed by atoms with Crippen LogP contribution >= 0.6 is 11.6 Å². The first-order chi connectivity index (χ1) is 14.5. The molecule has 7 heteroatoms. The Morgan fingerprint density at radius 1 is 1.17 bits per heavy atom. The van der Waals surface area contributed by atoms with Crippen molar-refractivity contribution >= 4 is 17.5 Å². The summed E-state index contributed by atoms with van der Waals surface area (Å²) < 4.78 is 1.90. The van der Waals surface area contributed by atoms with Gasteiger partial charge >= 0.3 is 0 Å². The molecule has 0 amide bonds. The molecule has 1 aromatic carbocycles. The third kappa shape index (κ3) is 3.28. The van der Waals surface area contributed by atoms with Crippen molar-refractivity contribution in [1.82, 2.24) is 5.32 Å². The van der Waals surface area contributed by atoms with Crippen molar-refractivity contribution in [3.8, 4) is 12.1 Å². The average molecular weight is 417 g/mol. The van der Waals surface area contributed by atoms with Gasteiger partial charge in [-0.15, -0.1) is 0 Å². The van der Waals surface area contributed by atoms with Gasteiger partial charge in [0, 0.05) is 23.1 Å². The van der Waals surface area contributed by atoms with Gasteiger partial charge in [-0.05, 0) is 36.4 Å². The molecule has 0 bridgehead atoms. The number of nitriles is 2. The molecule has 2 aromatic rings. The van der Waals surface area contributed by atoms with Crippen molar-refractivity contribution in [1.29, 1.82) is 15.9 Å². The molecule has 0 unspecified atom stereocenters. The van der Waals surface area contributed by atoms with Gasteiger partial charge in [0.2, 0.25) is 11.8 Å². The summed E-state index contributed by atoms with van der Waals surface area (Å²) in [5.41, 5.74) is -0.290. The Balaban J connectivity index is 2.03. The lowest BCUT2D eigenvalue weighted by molar-refractivity contribution is -0.742. The minimum Gasteiger partial charge on any atom is -0.365 e. The van der Waals surface area contributed by atoms with Gasteiger partial charge in [-0.1, -0.05) is 29.8 Å². The predicted molar refractivity (Wildman–Crippen MR) is 110 cm³/mol. The van der Waals surface area contributed by atoms with E-state index >= 15 is 0 Å². The van der Waals surface area contributed by atoms with Crippen molar-refractivity contribution in [3.63, 3.8) is 0 Å². The quantitative estimate of drug-likeness (QED) is 0.404. The van der Waals surface area contributed by atoms with E-state index < -0.39 is 17.7 Å². The molecule has 0 spiro atoms. The molecule has 3 N–H and O–H groups in total. The summed E-state index contributed by atoms with van der Waals surface area (Å²) in [6, 6.07) is 16.4. The fourth-order valence-corrected chi connectivity index (χ4v) is 4.39. The van der Waals surface area contributed by atoms with E-state index in [1.54, 1.807) is 12.1 Å². The van der Waals surface area contributed by atoms with Crippen LogP contribution in [-0.2, 0) is 0 Å². The number of rotatable bonds is 4. The maximum Gasteiger partial charge on any atom is 0.216 e. The topological polar surface area (TPSA) is 108 Å². The summed E-state index contributed by atoms with van der Waals surface area (Å²) in [5, 5.41) is 42.7. The predicted octanol–water partition coefficient (Wildman–Crippen LogP) is 3.13. The molecule has 30 heavy (non-hydrogen) atoms. The molecule has 1 aliphatic heterocycles. The summed E-state index contributed by atoms with van der Waals surface area (Å²) in [5.74, 6) is 1.51. The normalized spacial score (nSPS) is 25.5. The summed E-state index contributed by atoms with van der Waals surface area (Å²) in [6.45, 7) is 0. The molecule has 3 atom stereocenters. The highest BCUT2D eigenvalue weighted by Crippen LogP contribution is 2.52. The van der Waals surface area contributed by atoms with E-state index in [9.17, 15) is 15.6 Å². The second-order valence-corrected chi connectivity index (χ2v) is 7.97. The van der Waals surface area contributed by atoms with Crippen LogP contribution in [0.4, 0.5) is 0 Å². The Hall–Kier alpha value is -3.41. The van der Waals surface area contributed by atoms with Gasteiger partial charge in [-0.2, -0.15) is 15.1 Å². The van der Waals surface area contributed by atoms with Gasteiger partial charge in [0.1, 0.15) is 11.6 Å². The number of aliphatic hydroxyl groups is 1. The van der Waals surface area contributed by atoms with Gasteiger partial charge in [-0.25, -0.2) is 0 Å². The second-order valence-electron chi connectivity index (χ2n) is 7.53. The number of benzene rings is 1. The molecule has 0 saturated heterocycles. The molecular formula is C23H19ClN5O+. The molecule has 148 valence electrons. The Morgan fingerprint density at radius 3 is 2.37 bits per heavy atom. The van der Waals surface area contributed by atoms with Crippen LogP contribution in [0, 0.1) is 34.0 Å². The number of nitrogens with zero attached hydrogens (tertiary/aromatic N) is 3. The number of halogens is 1. The zero-order valence-corrected chi connectivity index (χ0v) is 16.8. The van der Waals surface area contributed by atoms with Crippen LogP contribution in [0.1, 0.15) is 30.4 Å². The number of hydrogen-bond acceptors (Lipinski definition) is 5. The number of nitrogens with one attached hydrogen (secondary N) is 2. The fraction of sp³-hybridized carbons (Fsp3) is 0.261. The molecule has 2 heterocycles. The van der Waals surface area contributed by atoms with Crippen molar-refractivity contribution in [2.45, 2.75) is 30.5 Å². The Bertz CT molecular complexity index is 1130. The molecule has 0 radical (unpaired) electrons. The lowest BCUT2D eigenvalue weighted by Gasteiger charge is -2.43. The lowest BCUT2D eigenvalue weighted by atomic mass is 9.74. The van der Waals surface area contributed by atoms with Gasteiger partial charge in [0.05, 0.1) is 23.3 Å². The van der Waals surface area contributed by atoms with Gasteiger partial charge in [0.25, 0.3) is 0 Å². The van der Waals surface area contributed by atoms with E-state index in [2.05, 4.69) is 17.3 Å². The van der Waals surface area contributed by atoms with E-state index in [4.69, 9.17) is 17.0 Å². The van der Waals surface area contributed by atoms with Crippen LogP contribution in [0.5, 0.6) is 0 Å². The molecule has 1 saturated carbocycles. The number of hydrogen-bond donors (Lipinski definition) is 3. The smallest absolute Gasteiger partial charge is 0.216 e. The number of pyridine rings is 1. The van der Waals surface area contributed by atoms with Crippen LogP contribution < -0.4 is 9.88 Å². The Labute approximate surface area is 179 Å². The summed E-state index contributed by atoms with van der Waals surface area (Å²) in [4.78, 5) is 0. The highest BCUT2D eigenvalue weighted by Gasteiger charge is 2.61. The fourth-order valence-electron chi connectivity index (χ4n) is 4.26. The third-order valence-electron chi connectivity index (χ3n) is 5.77. The number of allylic oxidation sites excluding steroid dienone is 2. The summed E-state index contributed by atoms with van der Waals surface area (Å²) >= 11 is 6.09. The van der Waals surface area contributed by atoms with Crippen LogP contribution in [-0.4, -0.2) is 16.7 Å². The zero-order chi connectivity index (χ0) is 21.3. The largest absolute Gasteiger partial charge is 0.365 e. The number of aromatic nitrogens is 1. The lowest BCUT2D eigenvalue weighted by Crippen LogP contribution is -2.66. The standard InChI is InChI=1S/C23H19ClN5O/c24-18-8-4-15(5-9-18)20-19(14-27)21(16(12-25)13-26)28-23(30,17-6-7-17)22(20)29-10-2-1-3-11-29/h1-5,8-11,17,20,22,25,28,30H,6-7H2/q+1/t20-,22-,23-/m0/s1. The van der Waals surface area contributed by atoms with E-state index in [1.807, 2.05) is 53.4 Å². The van der Waals surface area contributed by atoms with Crippen molar-refractivity contribution in [3.05, 3.63) is 82.3 Å². The van der Waals surface area contributed by atoms with Crippen molar-refractivity contribution < 1.29 is 9.67 Å². The highest BCUT2D eigenvalue weighted by molar-refractivity contribution is 6.30. The van der Waals surface area contributed by atoms with Gasteiger partial charge in [-0.3, -0.25) is 5.41 Å². The first kappa shape index (κ1) is 19.9. The monoisotopic (exact) mass is 416 g/mol. The van der Waals surface area contributed by atoms with E-state index in [-0.39, 0.29) is 22.8 Å². The Kier molecular flexibility index (Phi) is 5.16. The van der Waals surface area contributed by atoms with E-state index in [0.717, 1.165) is 18.4 Å². The second kappa shape index (κ2) is 7.78. The highest BCUT2D eigenvalue weighted by atomic mass is 35.5. The van der Waals surface area contributed by atoms with Crippen LogP contribution in [0.3, 0.4) is 0 Å².